The number of nitrogens with one attached hydrogen (secondary N) is 2. The van der Waals surface area contributed by atoms with Crippen molar-refractivity contribution in [2.45, 2.75) is 36.6 Å². The second kappa shape index (κ2) is 12.6. The minimum atomic E-state index is -1.21. The van der Waals surface area contributed by atoms with E-state index in [4.69, 9.17) is 5.11 Å². The van der Waals surface area contributed by atoms with Crippen LogP contribution in [0.1, 0.15) is 28.5 Å². The quantitative estimate of drug-likeness (QED) is 0.258. The summed E-state index contributed by atoms with van der Waals surface area (Å²) in [6.07, 6.45) is 2.47. The molecule has 1 aliphatic rings. The molecule has 0 bridgehead atoms. The molecule has 0 fully saturated rings. The van der Waals surface area contributed by atoms with Crippen molar-refractivity contribution in [2.24, 2.45) is 0 Å². The molecule has 0 saturated carbocycles. The van der Waals surface area contributed by atoms with Gasteiger partial charge in [-0.2, -0.15) is 5.26 Å². The number of hydrogen-bond donors (Lipinski definition) is 3. The second-order valence-electron chi connectivity index (χ2n) is 8.70. The van der Waals surface area contributed by atoms with Crippen LogP contribution in [-0.4, -0.2) is 39.6 Å². The van der Waals surface area contributed by atoms with E-state index < -0.39 is 17.1 Å². The van der Waals surface area contributed by atoms with Crippen molar-refractivity contribution in [3.8, 4) is 6.07 Å². The van der Waals surface area contributed by atoms with Crippen LogP contribution in [0.3, 0.4) is 0 Å². The minimum absolute atomic E-state index is 0.218. The minimum Gasteiger partial charge on any atom is -0.478 e. The molecule has 1 unspecified atom stereocenters. The standard InChI is InChI=1S/C28H26N4O4S2/c1-18(37-21-9-5-8-20(14-21)30-25(33)10-11-26(34)35)27(36)31-28-23(15-29)22-12-13-32(17-24(22)38-28)16-19-6-3-2-4-7-19/h2-11,14,18H,12-13,16-17H2,1H3,(H,30,33)(H,31,36)(H,34,35)/b11-10+. The second-order valence-corrected chi connectivity index (χ2v) is 11.2. The Balaban J connectivity index is 1.39. The number of carboxylic acid groups (broad SMARTS) is 1. The smallest absolute Gasteiger partial charge is 0.328 e. The van der Waals surface area contributed by atoms with Crippen molar-refractivity contribution in [3.63, 3.8) is 0 Å². The van der Waals surface area contributed by atoms with Gasteiger partial charge in [0.05, 0.1) is 10.8 Å². The Morgan fingerprint density at radius 2 is 1.95 bits per heavy atom. The van der Waals surface area contributed by atoms with Gasteiger partial charge < -0.3 is 15.7 Å². The van der Waals surface area contributed by atoms with Gasteiger partial charge in [-0.1, -0.05) is 36.4 Å². The number of fused-ring (bicyclic) bond motifs is 1. The van der Waals surface area contributed by atoms with E-state index in [1.165, 1.54) is 28.7 Å². The summed E-state index contributed by atoms with van der Waals surface area (Å²) in [5, 5.41) is 24.2. The van der Waals surface area contributed by atoms with Crippen LogP contribution in [0, 0.1) is 11.3 Å². The maximum absolute atomic E-state index is 13.0. The van der Waals surface area contributed by atoms with Crippen LogP contribution in [0.25, 0.3) is 0 Å². The molecule has 0 saturated heterocycles. The van der Waals surface area contributed by atoms with Crippen LogP contribution in [0.5, 0.6) is 0 Å². The van der Waals surface area contributed by atoms with Crippen LogP contribution in [0.2, 0.25) is 0 Å². The van der Waals surface area contributed by atoms with Gasteiger partial charge in [0, 0.05) is 47.2 Å². The number of hydrogen-bond acceptors (Lipinski definition) is 7. The molecule has 38 heavy (non-hydrogen) atoms. The zero-order valence-electron chi connectivity index (χ0n) is 20.6. The molecular weight excluding hydrogens is 520 g/mol. The summed E-state index contributed by atoms with van der Waals surface area (Å²) in [6.45, 7) is 4.21. The van der Waals surface area contributed by atoms with Crippen LogP contribution in [0.15, 0.2) is 71.6 Å². The number of benzene rings is 2. The third kappa shape index (κ3) is 7.10. The molecule has 2 amide bonds. The first-order chi connectivity index (χ1) is 18.3. The average Bonchev–Trinajstić information content (AvgIpc) is 3.24. The number of carboxylic acids is 1. The number of nitriles is 1. The lowest BCUT2D eigenvalue weighted by atomic mass is 10.0. The van der Waals surface area contributed by atoms with E-state index in [9.17, 15) is 19.6 Å². The molecule has 4 rings (SSSR count). The monoisotopic (exact) mass is 546 g/mol. The van der Waals surface area contributed by atoms with Crippen LogP contribution in [0.4, 0.5) is 10.7 Å². The fraction of sp³-hybridized carbons (Fsp3) is 0.214. The molecule has 0 aliphatic carbocycles. The van der Waals surface area contributed by atoms with Crippen LogP contribution in [-0.2, 0) is 33.9 Å². The normalized spacial score (nSPS) is 13.9. The average molecular weight is 547 g/mol. The lowest BCUT2D eigenvalue weighted by Gasteiger charge is -2.26. The highest BCUT2D eigenvalue weighted by atomic mass is 32.2. The van der Waals surface area contributed by atoms with Crippen molar-refractivity contribution in [1.82, 2.24) is 4.90 Å². The molecular formula is C28H26N4O4S2. The van der Waals surface area contributed by atoms with E-state index in [-0.39, 0.29) is 5.91 Å². The zero-order chi connectivity index (χ0) is 27.1. The van der Waals surface area contributed by atoms with Gasteiger partial charge in [-0.05, 0) is 42.7 Å². The number of thioether (sulfide) groups is 1. The van der Waals surface area contributed by atoms with E-state index in [1.54, 1.807) is 25.1 Å². The molecule has 2 heterocycles. The van der Waals surface area contributed by atoms with E-state index in [1.807, 2.05) is 24.3 Å². The van der Waals surface area contributed by atoms with Gasteiger partial charge in [-0.3, -0.25) is 14.5 Å². The molecule has 1 aliphatic heterocycles. The molecule has 8 nitrogen and oxygen atoms in total. The van der Waals surface area contributed by atoms with Gasteiger partial charge in [0.1, 0.15) is 11.1 Å². The highest BCUT2D eigenvalue weighted by molar-refractivity contribution is 8.00. The number of thiophene rings is 1. The van der Waals surface area contributed by atoms with Gasteiger partial charge in [0.2, 0.25) is 11.8 Å². The van der Waals surface area contributed by atoms with Gasteiger partial charge >= 0.3 is 5.97 Å². The number of aliphatic carboxylic acids is 1. The number of carbonyl (C=O) groups excluding carboxylic acids is 2. The number of carbonyl (C=O) groups is 3. The summed E-state index contributed by atoms with van der Waals surface area (Å²) in [5.41, 5.74) is 3.31. The Bertz CT molecular complexity index is 1410. The van der Waals surface area contributed by atoms with Crippen molar-refractivity contribution in [1.29, 1.82) is 5.26 Å². The lowest BCUT2D eigenvalue weighted by Crippen LogP contribution is -2.29. The largest absolute Gasteiger partial charge is 0.478 e. The maximum atomic E-state index is 13.0. The predicted molar refractivity (Wildman–Crippen MR) is 149 cm³/mol. The first-order valence-corrected chi connectivity index (χ1v) is 13.6. The van der Waals surface area contributed by atoms with E-state index in [2.05, 4.69) is 33.7 Å². The third-order valence-electron chi connectivity index (χ3n) is 5.89. The molecule has 10 heteroatoms. The predicted octanol–water partition coefficient (Wildman–Crippen LogP) is 4.88. The third-order valence-corrected chi connectivity index (χ3v) is 8.12. The number of amides is 2. The summed E-state index contributed by atoms with van der Waals surface area (Å²) in [7, 11) is 0. The summed E-state index contributed by atoms with van der Waals surface area (Å²) in [6, 6.07) is 19.5. The molecule has 0 radical (unpaired) electrons. The maximum Gasteiger partial charge on any atom is 0.328 e. The molecule has 194 valence electrons. The van der Waals surface area contributed by atoms with E-state index in [0.29, 0.717) is 16.3 Å². The Hall–Kier alpha value is -3.91. The topological polar surface area (TPSA) is 123 Å². The van der Waals surface area contributed by atoms with Crippen LogP contribution >= 0.6 is 23.1 Å². The molecule has 3 N–H and O–H groups in total. The first-order valence-electron chi connectivity index (χ1n) is 11.9. The van der Waals surface area contributed by atoms with Crippen LogP contribution < -0.4 is 10.6 Å². The highest BCUT2D eigenvalue weighted by Gasteiger charge is 2.26. The Labute approximate surface area is 229 Å². The zero-order valence-corrected chi connectivity index (χ0v) is 22.3. The Morgan fingerprint density at radius 3 is 2.68 bits per heavy atom. The summed E-state index contributed by atoms with van der Waals surface area (Å²) < 4.78 is 0. The first kappa shape index (κ1) is 27.1. The molecule has 1 aromatic heterocycles. The Kier molecular flexibility index (Phi) is 8.97. The van der Waals surface area contributed by atoms with Gasteiger partial charge in [-0.25, -0.2) is 4.79 Å². The fourth-order valence-corrected chi connectivity index (χ4v) is 6.26. The number of anilines is 2. The highest BCUT2D eigenvalue weighted by Crippen LogP contribution is 2.37. The molecule has 0 spiro atoms. The lowest BCUT2D eigenvalue weighted by molar-refractivity contribution is -0.131. The Morgan fingerprint density at radius 1 is 1.16 bits per heavy atom. The summed E-state index contributed by atoms with van der Waals surface area (Å²) >= 11 is 2.79. The van der Waals surface area contributed by atoms with E-state index >= 15 is 0 Å². The fourth-order valence-electron chi connectivity index (χ4n) is 4.09. The van der Waals surface area contributed by atoms with Crippen molar-refractivity contribution in [3.05, 3.63) is 88.3 Å². The van der Waals surface area contributed by atoms with Gasteiger partial charge in [0.15, 0.2) is 0 Å². The van der Waals surface area contributed by atoms with Gasteiger partial charge in [-0.15, -0.1) is 23.1 Å². The molecule has 2 aromatic carbocycles. The number of nitrogens with zero attached hydrogens (tertiary/aromatic N) is 2. The summed E-state index contributed by atoms with van der Waals surface area (Å²) in [5.74, 6) is -1.99. The summed E-state index contributed by atoms with van der Waals surface area (Å²) in [4.78, 5) is 39.7. The van der Waals surface area contributed by atoms with Gasteiger partial charge in [0.25, 0.3) is 0 Å². The molecule has 1 atom stereocenters. The van der Waals surface area contributed by atoms with Crippen molar-refractivity contribution in [2.75, 3.05) is 17.2 Å². The van der Waals surface area contributed by atoms with E-state index in [0.717, 1.165) is 53.5 Å². The van der Waals surface area contributed by atoms with Crippen molar-refractivity contribution < 1.29 is 19.5 Å². The van der Waals surface area contributed by atoms with Crippen molar-refractivity contribution >= 4 is 51.6 Å². The molecule has 3 aromatic rings. The SMILES string of the molecule is CC(Sc1cccc(NC(=O)/C=C/C(=O)O)c1)C(=O)Nc1sc2c(c1C#N)CCN(Cc1ccccc1)C2. The number of rotatable bonds is 9.